The minimum Gasteiger partial charge on any atom is -0.339 e. The van der Waals surface area contributed by atoms with Crippen molar-refractivity contribution in [3.63, 3.8) is 0 Å². The predicted molar refractivity (Wildman–Crippen MR) is 86.6 cm³/mol. The van der Waals surface area contributed by atoms with E-state index >= 15 is 0 Å². The Kier molecular flexibility index (Phi) is 3.59. The van der Waals surface area contributed by atoms with Crippen LogP contribution in [0.25, 0.3) is 5.65 Å². The number of fused-ring (bicyclic) bond motifs is 1. The van der Waals surface area contributed by atoms with Crippen LogP contribution in [0, 0.1) is 5.92 Å². The molecule has 1 aliphatic carbocycles. The molecule has 4 rings (SSSR count). The van der Waals surface area contributed by atoms with Crippen LogP contribution in [0.4, 0.5) is 5.95 Å². The van der Waals surface area contributed by atoms with Crippen LogP contribution in [-0.2, 0) is 0 Å². The number of nitrogens with one attached hydrogen (secondary N) is 1. The molecule has 0 radical (unpaired) electrons. The molecule has 2 fully saturated rings. The molecule has 3 heterocycles. The average Bonchev–Trinajstić information content (AvgIpc) is 3.24. The summed E-state index contributed by atoms with van der Waals surface area (Å²) in [6.45, 7) is 3.30. The van der Waals surface area contributed by atoms with Gasteiger partial charge in [0, 0.05) is 29.8 Å². The lowest BCUT2D eigenvalue weighted by Gasteiger charge is -2.31. The number of pyridine rings is 1. The van der Waals surface area contributed by atoms with E-state index in [1.807, 2.05) is 22.8 Å². The van der Waals surface area contributed by atoms with Gasteiger partial charge in [0.15, 0.2) is 5.65 Å². The summed E-state index contributed by atoms with van der Waals surface area (Å²) in [6, 6.07) is 4.67. The molecule has 0 amide bonds. The van der Waals surface area contributed by atoms with Gasteiger partial charge >= 0.3 is 0 Å². The van der Waals surface area contributed by atoms with Crippen molar-refractivity contribution < 1.29 is 0 Å². The molecule has 21 heavy (non-hydrogen) atoms. The maximum absolute atomic E-state index is 4.62. The number of aromatic nitrogens is 3. The number of anilines is 1. The molecule has 0 spiro atoms. The van der Waals surface area contributed by atoms with Crippen LogP contribution in [-0.4, -0.2) is 40.3 Å². The van der Waals surface area contributed by atoms with E-state index in [2.05, 4.69) is 36.2 Å². The van der Waals surface area contributed by atoms with Crippen LogP contribution < -0.4 is 10.2 Å². The van der Waals surface area contributed by atoms with Gasteiger partial charge < -0.3 is 10.2 Å². The number of hydrogen-bond acceptors (Lipinski definition) is 4. The van der Waals surface area contributed by atoms with E-state index in [1.54, 1.807) is 0 Å². The normalized spacial score (nSPS) is 20.3. The van der Waals surface area contributed by atoms with Crippen molar-refractivity contribution in [2.24, 2.45) is 5.92 Å². The molecular weight excluding hydrogens is 330 g/mol. The molecule has 6 heteroatoms. The predicted octanol–water partition coefficient (Wildman–Crippen LogP) is 2.46. The first-order valence-electron chi connectivity index (χ1n) is 7.78. The highest BCUT2D eigenvalue weighted by molar-refractivity contribution is 9.10. The van der Waals surface area contributed by atoms with Gasteiger partial charge in [-0.15, -0.1) is 5.10 Å². The maximum Gasteiger partial charge on any atom is 0.245 e. The van der Waals surface area contributed by atoms with E-state index in [0.29, 0.717) is 6.04 Å². The second kappa shape index (κ2) is 5.57. The molecule has 1 saturated carbocycles. The minimum absolute atomic E-state index is 0.674. The summed E-state index contributed by atoms with van der Waals surface area (Å²) in [5.74, 6) is 1.82. The van der Waals surface area contributed by atoms with Crippen LogP contribution in [0.3, 0.4) is 0 Å². The summed E-state index contributed by atoms with van der Waals surface area (Å²) >= 11 is 3.47. The summed E-state index contributed by atoms with van der Waals surface area (Å²) < 4.78 is 2.87. The monoisotopic (exact) mass is 349 g/mol. The fourth-order valence-corrected chi connectivity index (χ4v) is 3.25. The van der Waals surface area contributed by atoms with Gasteiger partial charge in [-0.1, -0.05) is 0 Å². The largest absolute Gasteiger partial charge is 0.339 e. The van der Waals surface area contributed by atoms with Gasteiger partial charge in [0.1, 0.15) is 0 Å². The maximum atomic E-state index is 4.62. The minimum atomic E-state index is 0.674. The molecule has 1 saturated heterocycles. The molecule has 2 aromatic heterocycles. The fraction of sp³-hybridized carbons (Fsp3) is 0.600. The van der Waals surface area contributed by atoms with Gasteiger partial charge in [-0.2, -0.15) is 4.98 Å². The second-order valence-corrected chi connectivity index (χ2v) is 7.09. The topological polar surface area (TPSA) is 45.5 Å². The highest BCUT2D eigenvalue weighted by Crippen LogP contribution is 2.28. The van der Waals surface area contributed by atoms with Crippen molar-refractivity contribution in [2.45, 2.75) is 31.7 Å². The van der Waals surface area contributed by atoms with E-state index in [4.69, 9.17) is 0 Å². The molecule has 0 unspecified atom stereocenters. The van der Waals surface area contributed by atoms with Gasteiger partial charge in [0.05, 0.1) is 0 Å². The van der Waals surface area contributed by atoms with Gasteiger partial charge in [-0.25, -0.2) is 4.52 Å². The van der Waals surface area contributed by atoms with Gasteiger partial charge in [0.25, 0.3) is 0 Å². The summed E-state index contributed by atoms with van der Waals surface area (Å²) in [6.07, 6.45) is 7.17. The third kappa shape index (κ3) is 3.06. The Hall–Kier alpha value is -1.14. The standard InChI is InChI=1S/C15H20BrN5/c16-12-3-4-14-18-15(19-21(14)10-12)20-7-5-13(6-8-20)17-9-11-1-2-11/h3-4,10-11,13,17H,1-2,5-9H2. The molecule has 112 valence electrons. The van der Waals surface area contributed by atoms with E-state index in [1.165, 1.54) is 32.2 Å². The lowest BCUT2D eigenvalue weighted by Crippen LogP contribution is -2.43. The SMILES string of the molecule is Brc1ccc2nc(N3CCC(NCC4CC4)CC3)nn2c1. The lowest BCUT2D eigenvalue weighted by molar-refractivity contribution is 0.406. The molecular formula is C15H20BrN5. The van der Waals surface area contributed by atoms with E-state index in [9.17, 15) is 0 Å². The van der Waals surface area contributed by atoms with Crippen LogP contribution in [0.1, 0.15) is 25.7 Å². The van der Waals surface area contributed by atoms with Gasteiger partial charge in [0.2, 0.25) is 5.95 Å². The molecule has 2 aliphatic rings. The summed E-state index contributed by atoms with van der Waals surface area (Å²) in [5, 5.41) is 8.30. The van der Waals surface area contributed by atoms with Crippen molar-refractivity contribution in [1.82, 2.24) is 19.9 Å². The molecule has 1 aliphatic heterocycles. The highest BCUT2D eigenvalue weighted by Gasteiger charge is 2.25. The third-order valence-electron chi connectivity index (χ3n) is 4.45. The van der Waals surface area contributed by atoms with Crippen LogP contribution in [0.5, 0.6) is 0 Å². The Bertz CT molecular complexity index is 628. The van der Waals surface area contributed by atoms with Crippen molar-refractivity contribution >= 4 is 27.5 Å². The fourth-order valence-electron chi connectivity index (χ4n) is 2.92. The number of rotatable bonds is 4. The van der Waals surface area contributed by atoms with Crippen molar-refractivity contribution in [3.8, 4) is 0 Å². The number of piperidine rings is 1. The number of hydrogen-bond donors (Lipinski definition) is 1. The molecule has 0 atom stereocenters. The summed E-state index contributed by atoms with van der Waals surface area (Å²) in [5.41, 5.74) is 0.905. The van der Waals surface area contributed by atoms with Crippen LogP contribution in [0.15, 0.2) is 22.8 Å². The van der Waals surface area contributed by atoms with E-state index < -0.39 is 0 Å². The zero-order valence-corrected chi connectivity index (χ0v) is 13.6. The van der Waals surface area contributed by atoms with Crippen molar-refractivity contribution in [1.29, 1.82) is 0 Å². The summed E-state index contributed by atoms with van der Waals surface area (Å²) in [4.78, 5) is 6.93. The number of nitrogens with zero attached hydrogens (tertiary/aromatic N) is 4. The third-order valence-corrected chi connectivity index (χ3v) is 4.92. The lowest BCUT2D eigenvalue weighted by atomic mass is 10.1. The Morgan fingerprint density at radius 3 is 2.76 bits per heavy atom. The Labute approximate surface area is 132 Å². The first-order valence-corrected chi connectivity index (χ1v) is 8.57. The Morgan fingerprint density at radius 1 is 1.19 bits per heavy atom. The van der Waals surface area contributed by atoms with Gasteiger partial charge in [-0.05, 0) is 66.2 Å². The highest BCUT2D eigenvalue weighted by atomic mass is 79.9. The quantitative estimate of drug-likeness (QED) is 0.920. The Morgan fingerprint density at radius 2 is 2.00 bits per heavy atom. The van der Waals surface area contributed by atoms with Crippen molar-refractivity contribution in [2.75, 3.05) is 24.5 Å². The first-order chi connectivity index (χ1) is 10.3. The zero-order chi connectivity index (χ0) is 14.2. The van der Waals surface area contributed by atoms with Crippen LogP contribution in [0.2, 0.25) is 0 Å². The molecule has 0 aromatic carbocycles. The Balaban J connectivity index is 1.39. The molecule has 1 N–H and O–H groups in total. The molecule has 2 aromatic rings. The van der Waals surface area contributed by atoms with Crippen molar-refractivity contribution in [3.05, 3.63) is 22.8 Å². The molecule has 0 bridgehead atoms. The van der Waals surface area contributed by atoms with Crippen LogP contribution >= 0.6 is 15.9 Å². The average molecular weight is 350 g/mol. The first kappa shape index (κ1) is 13.5. The van der Waals surface area contributed by atoms with Gasteiger partial charge in [-0.3, -0.25) is 0 Å². The summed E-state index contributed by atoms with van der Waals surface area (Å²) in [7, 11) is 0. The van der Waals surface area contributed by atoms with E-state index in [0.717, 1.165) is 35.1 Å². The zero-order valence-electron chi connectivity index (χ0n) is 12.0. The number of halogens is 1. The smallest absolute Gasteiger partial charge is 0.245 e. The molecule has 5 nitrogen and oxygen atoms in total. The second-order valence-electron chi connectivity index (χ2n) is 6.17. The van der Waals surface area contributed by atoms with E-state index in [-0.39, 0.29) is 0 Å².